The smallest absolute Gasteiger partial charge is 0.343 e. The first-order chi connectivity index (χ1) is 16.6. The molecule has 34 heavy (non-hydrogen) atoms. The van der Waals surface area contributed by atoms with E-state index in [4.69, 9.17) is 18.9 Å². The van der Waals surface area contributed by atoms with Crippen molar-refractivity contribution in [2.75, 3.05) is 19.8 Å². The minimum atomic E-state index is -0.859. The van der Waals surface area contributed by atoms with Gasteiger partial charge in [0.2, 0.25) is 0 Å². The maximum Gasteiger partial charge on any atom is 0.343 e. The number of esters is 2. The SMILES string of the molecule is C=CC(=O)OCCCCCCOC1(OCCCCCC)C=CC(C(=O)Oc2ccccc2)=CC1. The number of benzene rings is 1. The van der Waals surface area contributed by atoms with Gasteiger partial charge in [-0.25, -0.2) is 9.59 Å². The van der Waals surface area contributed by atoms with Gasteiger partial charge in [0.25, 0.3) is 0 Å². The molecule has 0 heterocycles. The molecule has 6 nitrogen and oxygen atoms in total. The van der Waals surface area contributed by atoms with Gasteiger partial charge < -0.3 is 18.9 Å². The number of hydrogen-bond acceptors (Lipinski definition) is 6. The van der Waals surface area contributed by atoms with E-state index < -0.39 is 11.8 Å². The van der Waals surface area contributed by atoms with Crippen LogP contribution in [0.15, 0.2) is 66.8 Å². The van der Waals surface area contributed by atoms with Gasteiger partial charge in [-0.05, 0) is 50.0 Å². The molecule has 1 aliphatic carbocycles. The summed E-state index contributed by atoms with van der Waals surface area (Å²) in [5, 5.41) is 0. The van der Waals surface area contributed by atoms with Crippen LogP contribution in [-0.2, 0) is 23.8 Å². The number of para-hydroxylation sites is 1. The predicted molar refractivity (Wildman–Crippen MR) is 132 cm³/mol. The summed E-state index contributed by atoms with van der Waals surface area (Å²) < 4.78 is 22.8. The Morgan fingerprint density at radius 2 is 1.59 bits per heavy atom. The highest BCUT2D eigenvalue weighted by Crippen LogP contribution is 2.28. The number of rotatable bonds is 17. The third kappa shape index (κ3) is 10.5. The molecule has 0 radical (unpaired) electrons. The largest absolute Gasteiger partial charge is 0.463 e. The monoisotopic (exact) mass is 470 g/mol. The van der Waals surface area contributed by atoms with Crippen molar-refractivity contribution in [3.63, 3.8) is 0 Å². The highest BCUT2D eigenvalue weighted by molar-refractivity contribution is 5.93. The van der Waals surface area contributed by atoms with Crippen LogP contribution < -0.4 is 4.74 Å². The molecule has 0 spiro atoms. The van der Waals surface area contributed by atoms with Crippen LogP contribution >= 0.6 is 0 Å². The second-order valence-electron chi connectivity index (χ2n) is 8.25. The minimum Gasteiger partial charge on any atom is -0.463 e. The molecule has 1 aromatic carbocycles. The average Bonchev–Trinajstić information content (AvgIpc) is 2.86. The number of carbonyl (C=O) groups is 2. The van der Waals surface area contributed by atoms with Gasteiger partial charge in [-0.15, -0.1) is 0 Å². The van der Waals surface area contributed by atoms with Crippen molar-refractivity contribution < 1.29 is 28.5 Å². The first-order valence-corrected chi connectivity index (χ1v) is 12.3. The van der Waals surface area contributed by atoms with Gasteiger partial charge in [0, 0.05) is 12.5 Å². The molecule has 1 atom stereocenters. The number of carbonyl (C=O) groups excluding carboxylic acids is 2. The molecule has 0 saturated heterocycles. The Morgan fingerprint density at radius 1 is 0.941 bits per heavy atom. The van der Waals surface area contributed by atoms with E-state index in [2.05, 4.69) is 13.5 Å². The summed E-state index contributed by atoms with van der Waals surface area (Å²) >= 11 is 0. The third-order valence-corrected chi connectivity index (χ3v) is 5.45. The van der Waals surface area contributed by atoms with E-state index in [9.17, 15) is 9.59 Å². The molecular weight excluding hydrogens is 432 g/mol. The van der Waals surface area contributed by atoms with E-state index in [0.29, 0.717) is 37.6 Å². The molecule has 0 bridgehead atoms. The third-order valence-electron chi connectivity index (χ3n) is 5.45. The van der Waals surface area contributed by atoms with E-state index in [1.54, 1.807) is 18.2 Å². The Hall–Kier alpha value is -2.70. The van der Waals surface area contributed by atoms with Crippen molar-refractivity contribution in [3.05, 3.63) is 66.8 Å². The van der Waals surface area contributed by atoms with Crippen LogP contribution in [0.25, 0.3) is 0 Å². The van der Waals surface area contributed by atoms with Gasteiger partial charge in [-0.3, -0.25) is 0 Å². The van der Waals surface area contributed by atoms with Gasteiger partial charge in [0.1, 0.15) is 5.75 Å². The van der Waals surface area contributed by atoms with Gasteiger partial charge in [-0.2, -0.15) is 0 Å². The lowest BCUT2D eigenvalue weighted by atomic mass is 10.0. The van der Waals surface area contributed by atoms with Crippen LogP contribution in [-0.4, -0.2) is 37.5 Å². The lowest BCUT2D eigenvalue weighted by Crippen LogP contribution is -2.36. The highest BCUT2D eigenvalue weighted by Gasteiger charge is 2.31. The summed E-state index contributed by atoms with van der Waals surface area (Å²) in [6, 6.07) is 9.03. The first-order valence-electron chi connectivity index (χ1n) is 12.3. The molecule has 1 aromatic rings. The molecule has 0 fully saturated rings. The standard InChI is InChI=1S/C28H38O6/c1-3-5-6-13-22-32-28(33-23-14-8-7-12-21-31-26(29)4-2)19-17-24(18-20-28)27(30)34-25-15-10-9-11-16-25/h4,9-11,15-19H,2-3,5-8,12-14,20-23H2,1H3. The topological polar surface area (TPSA) is 71.1 Å². The maximum absolute atomic E-state index is 12.5. The second kappa shape index (κ2) is 16.0. The summed E-state index contributed by atoms with van der Waals surface area (Å²) in [4.78, 5) is 23.5. The van der Waals surface area contributed by atoms with Crippen molar-refractivity contribution in [1.82, 2.24) is 0 Å². The van der Waals surface area contributed by atoms with Gasteiger partial charge in [0.05, 0.1) is 25.4 Å². The van der Waals surface area contributed by atoms with Crippen LogP contribution in [0.5, 0.6) is 5.75 Å². The zero-order chi connectivity index (χ0) is 24.5. The van der Waals surface area contributed by atoms with Crippen molar-refractivity contribution in [2.45, 2.75) is 70.5 Å². The van der Waals surface area contributed by atoms with Crippen LogP contribution in [0.2, 0.25) is 0 Å². The summed E-state index contributed by atoms with van der Waals surface area (Å²) in [5.74, 6) is -1.12. The molecule has 0 aromatic heterocycles. The molecule has 186 valence electrons. The normalized spacial score (nSPS) is 17.1. The number of ether oxygens (including phenoxy) is 4. The van der Waals surface area contributed by atoms with Crippen molar-refractivity contribution in [1.29, 1.82) is 0 Å². The summed E-state index contributed by atoms with van der Waals surface area (Å²) in [6.45, 7) is 7.12. The van der Waals surface area contributed by atoms with E-state index >= 15 is 0 Å². The highest BCUT2D eigenvalue weighted by atomic mass is 16.7. The Morgan fingerprint density at radius 3 is 2.18 bits per heavy atom. The predicted octanol–water partition coefficient (Wildman–Crippen LogP) is 6.08. The first kappa shape index (κ1) is 27.5. The Kier molecular flexibility index (Phi) is 13.0. The molecule has 2 rings (SSSR count). The summed E-state index contributed by atoms with van der Waals surface area (Å²) in [5.41, 5.74) is 0.492. The Bertz CT molecular complexity index is 813. The quantitative estimate of drug-likeness (QED) is 0.0904. The molecule has 6 heteroatoms. The van der Waals surface area contributed by atoms with Crippen molar-refractivity contribution in [3.8, 4) is 5.75 Å². The molecule has 0 amide bonds. The molecule has 1 unspecified atom stereocenters. The Balaban J connectivity index is 1.81. The van der Waals surface area contributed by atoms with Gasteiger partial charge >= 0.3 is 11.9 Å². The Labute approximate surface area is 203 Å². The van der Waals surface area contributed by atoms with Crippen LogP contribution in [0.3, 0.4) is 0 Å². The zero-order valence-corrected chi connectivity index (χ0v) is 20.3. The summed E-state index contributed by atoms with van der Waals surface area (Å²) in [6.07, 6.45) is 15.1. The second-order valence-corrected chi connectivity index (χ2v) is 8.25. The summed E-state index contributed by atoms with van der Waals surface area (Å²) in [7, 11) is 0. The van der Waals surface area contributed by atoms with E-state index in [1.807, 2.05) is 30.4 Å². The van der Waals surface area contributed by atoms with E-state index in [-0.39, 0.29) is 5.97 Å². The lowest BCUT2D eigenvalue weighted by molar-refractivity contribution is -0.204. The van der Waals surface area contributed by atoms with Crippen LogP contribution in [0.4, 0.5) is 0 Å². The number of hydrogen-bond donors (Lipinski definition) is 0. The van der Waals surface area contributed by atoms with E-state index in [1.165, 1.54) is 18.9 Å². The average molecular weight is 471 g/mol. The van der Waals surface area contributed by atoms with E-state index in [0.717, 1.165) is 38.5 Å². The molecule has 0 aliphatic heterocycles. The molecule has 0 N–H and O–H groups in total. The van der Waals surface area contributed by atoms with Crippen LogP contribution in [0.1, 0.15) is 64.7 Å². The fraction of sp³-hybridized carbons (Fsp3) is 0.500. The molecular formula is C28H38O6. The van der Waals surface area contributed by atoms with Crippen molar-refractivity contribution >= 4 is 11.9 Å². The minimum absolute atomic E-state index is 0.384. The molecule has 0 saturated carbocycles. The fourth-order valence-electron chi connectivity index (χ4n) is 3.47. The molecule has 1 aliphatic rings. The van der Waals surface area contributed by atoms with Gasteiger partial charge in [-0.1, -0.05) is 63.5 Å². The van der Waals surface area contributed by atoms with Gasteiger partial charge in [0.15, 0.2) is 5.79 Å². The van der Waals surface area contributed by atoms with Crippen LogP contribution in [0, 0.1) is 0 Å². The fourth-order valence-corrected chi connectivity index (χ4v) is 3.47. The number of unbranched alkanes of at least 4 members (excludes halogenated alkanes) is 6. The van der Waals surface area contributed by atoms with Crippen molar-refractivity contribution in [2.24, 2.45) is 0 Å². The lowest BCUT2D eigenvalue weighted by Gasteiger charge is -2.32. The maximum atomic E-state index is 12.5. The zero-order valence-electron chi connectivity index (χ0n) is 20.3.